The quantitative estimate of drug-likeness (QED) is 0.850. The normalized spacial score (nSPS) is 27.1. The Morgan fingerprint density at radius 2 is 2.12 bits per heavy atom. The topological polar surface area (TPSA) is 53.9 Å². The van der Waals surface area contributed by atoms with Gasteiger partial charge in [-0.15, -0.1) is 0 Å². The van der Waals surface area contributed by atoms with Crippen LogP contribution in [0.5, 0.6) is 0 Å². The molecule has 0 aromatic heterocycles. The van der Waals surface area contributed by atoms with Gasteiger partial charge >= 0.3 is 0 Å². The highest BCUT2D eigenvalue weighted by Gasteiger charge is 2.47. The first-order chi connectivity index (χ1) is 12.5. The minimum absolute atomic E-state index is 0.139. The van der Waals surface area contributed by atoms with Crippen molar-refractivity contribution < 1.29 is 14.0 Å². The van der Waals surface area contributed by atoms with Crippen LogP contribution in [0.1, 0.15) is 44.6 Å². The monoisotopic (exact) mass is 359 g/mol. The minimum Gasteiger partial charge on any atom is -0.379 e. The molecule has 1 aliphatic carbocycles. The van der Waals surface area contributed by atoms with E-state index in [0.29, 0.717) is 24.2 Å². The molecule has 140 valence electrons. The van der Waals surface area contributed by atoms with E-state index in [-0.39, 0.29) is 17.1 Å². The molecule has 1 amide bonds. The smallest absolute Gasteiger partial charge is 0.267 e. The molecule has 4 rings (SSSR count). The van der Waals surface area contributed by atoms with Crippen LogP contribution in [0.15, 0.2) is 29.4 Å². The highest BCUT2D eigenvalue weighted by atomic mass is 19.1. The Labute approximate surface area is 153 Å². The van der Waals surface area contributed by atoms with Gasteiger partial charge in [-0.2, -0.15) is 0 Å². The summed E-state index contributed by atoms with van der Waals surface area (Å²) < 4.78 is 13.4. The van der Waals surface area contributed by atoms with Gasteiger partial charge < -0.3 is 15.1 Å². The fraction of sp³-hybridized carbons (Fsp3) is 0.600. The Morgan fingerprint density at radius 1 is 1.35 bits per heavy atom. The van der Waals surface area contributed by atoms with Crippen LogP contribution in [-0.2, 0) is 9.63 Å². The third-order valence-corrected chi connectivity index (χ3v) is 5.84. The minimum atomic E-state index is -1.02. The molecule has 1 saturated heterocycles. The van der Waals surface area contributed by atoms with Crippen molar-refractivity contribution in [2.75, 3.05) is 26.2 Å². The van der Waals surface area contributed by atoms with Gasteiger partial charge in [-0.1, -0.05) is 17.3 Å². The van der Waals surface area contributed by atoms with Crippen LogP contribution in [0.2, 0.25) is 0 Å². The summed E-state index contributed by atoms with van der Waals surface area (Å²) in [6.07, 6.45) is 5.27. The van der Waals surface area contributed by atoms with Gasteiger partial charge in [-0.3, -0.25) is 4.79 Å². The summed E-state index contributed by atoms with van der Waals surface area (Å²) in [5.74, 6) is -0.457. The molecule has 1 saturated carbocycles. The molecule has 1 aromatic carbocycles. The van der Waals surface area contributed by atoms with Crippen molar-refractivity contribution in [1.29, 1.82) is 0 Å². The van der Waals surface area contributed by atoms with Crippen LogP contribution in [0, 0.1) is 11.2 Å². The molecule has 26 heavy (non-hydrogen) atoms. The van der Waals surface area contributed by atoms with Crippen LogP contribution in [0.25, 0.3) is 0 Å². The van der Waals surface area contributed by atoms with E-state index >= 15 is 0 Å². The average Bonchev–Trinajstić information content (AvgIpc) is 3.01. The zero-order valence-electron chi connectivity index (χ0n) is 15.3. The maximum absolute atomic E-state index is 13.4. The zero-order chi connectivity index (χ0) is 18.2. The maximum atomic E-state index is 13.4. The van der Waals surface area contributed by atoms with Crippen molar-refractivity contribution in [3.8, 4) is 0 Å². The van der Waals surface area contributed by atoms with Gasteiger partial charge in [0.2, 0.25) is 5.60 Å². The molecule has 1 unspecified atom stereocenters. The lowest BCUT2D eigenvalue weighted by Crippen LogP contribution is -2.47. The molecule has 5 nitrogen and oxygen atoms in total. The van der Waals surface area contributed by atoms with E-state index in [9.17, 15) is 9.18 Å². The second-order valence-corrected chi connectivity index (χ2v) is 8.21. The summed E-state index contributed by atoms with van der Waals surface area (Å²) >= 11 is 0. The summed E-state index contributed by atoms with van der Waals surface area (Å²) in [4.78, 5) is 20.7. The maximum Gasteiger partial charge on any atom is 0.267 e. The molecule has 2 fully saturated rings. The molecule has 2 aliphatic heterocycles. The number of halogens is 1. The highest BCUT2D eigenvalue weighted by molar-refractivity contribution is 6.05. The molecule has 0 spiro atoms. The number of carbonyl (C=O) groups is 1. The van der Waals surface area contributed by atoms with Crippen LogP contribution in [-0.4, -0.2) is 48.3 Å². The number of benzene rings is 1. The van der Waals surface area contributed by atoms with Gasteiger partial charge in [0, 0.05) is 30.5 Å². The van der Waals surface area contributed by atoms with E-state index in [0.717, 1.165) is 6.54 Å². The standard InChI is InChI=1S/C20H26FN3O2/c1-19(12-17(23-26-19)15-5-4-6-16(21)11-15)18(25)22-13-20(7-8-20)14-24-9-2-3-10-24/h4-6,11H,2-3,7-10,12-14H2,1H3,(H,22,25). The van der Waals surface area contributed by atoms with Crippen molar-refractivity contribution in [3.63, 3.8) is 0 Å². The van der Waals surface area contributed by atoms with Gasteiger partial charge in [0.15, 0.2) is 0 Å². The Morgan fingerprint density at radius 3 is 2.81 bits per heavy atom. The van der Waals surface area contributed by atoms with Gasteiger partial charge in [0.25, 0.3) is 5.91 Å². The molecular formula is C20H26FN3O2. The number of likely N-dealkylation sites (tertiary alicyclic amines) is 1. The summed E-state index contributed by atoms with van der Waals surface area (Å²) in [6, 6.07) is 6.23. The predicted molar refractivity (Wildman–Crippen MR) is 97.4 cm³/mol. The third-order valence-electron chi connectivity index (χ3n) is 5.84. The van der Waals surface area contributed by atoms with Gasteiger partial charge in [-0.05, 0) is 57.8 Å². The number of hydrogen-bond acceptors (Lipinski definition) is 4. The van der Waals surface area contributed by atoms with Crippen molar-refractivity contribution in [2.45, 2.75) is 44.6 Å². The lowest BCUT2D eigenvalue weighted by Gasteiger charge is -2.26. The number of amides is 1. The SMILES string of the molecule is CC1(C(=O)NCC2(CN3CCCC3)CC2)CC(c2cccc(F)c2)=NO1. The van der Waals surface area contributed by atoms with E-state index in [1.165, 1.54) is 50.9 Å². The van der Waals surface area contributed by atoms with Gasteiger partial charge in [-0.25, -0.2) is 4.39 Å². The first-order valence-corrected chi connectivity index (χ1v) is 9.50. The zero-order valence-corrected chi connectivity index (χ0v) is 15.3. The summed E-state index contributed by atoms with van der Waals surface area (Å²) in [5.41, 5.74) is 0.488. The number of carbonyl (C=O) groups excluding carboxylic acids is 1. The van der Waals surface area contributed by atoms with E-state index in [1.807, 2.05) is 0 Å². The Bertz CT molecular complexity index is 726. The number of nitrogens with zero attached hydrogens (tertiary/aromatic N) is 2. The predicted octanol–water partition coefficient (Wildman–Crippen LogP) is 2.70. The Balaban J connectivity index is 1.32. The second-order valence-electron chi connectivity index (χ2n) is 8.21. The molecule has 1 N–H and O–H groups in total. The van der Waals surface area contributed by atoms with Crippen molar-refractivity contribution in [3.05, 3.63) is 35.6 Å². The molecule has 3 aliphatic rings. The highest BCUT2D eigenvalue weighted by Crippen LogP contribution is 2.46. The molecule has 1 aromatic rings. The fourth-order valence-electron chi connectivity index (χ4n) is 3.92. The van der Waals surface area contributed by atoms with Crippen LogP contribution in [0.4, 0.5) is 4.39 Å². The first kappa shape index (κ1) is 17.5. The fourth-order valence-corrected chi connectivity index (χ4v) is 3.92. The van der Waals surface area contributed by atoms with Crippen LogP contribution >= 0.6 is 0 Å². The molecule has 2 heterocycles. The molecule has 0 bridgehead atoms. The summed E-state index contributed by atoms with van der Waals surface area (Å²) in [5, 5.41) is 7.13. The van der Waals surface area contributed by atoms with E-state index in [4.69, 9.17) is 4.84 Å². The second kappa shape index (κ2) is 6.65. The van der Waals surface area contributed by atoms with Crippen LogP contribution in [0.3, 0.4) is 0 Å². The lowest BCUT2D eigenvalue weighted by atomic mass is 9.94. The number of nitrogens with one attached hydrogen (secondary N) is 1. The number of oxime groups is 1. The van der Waals surface area contributed by atoms with E-state index in [1.54, 1.807) is 19.1 Å². The Kier molecular flexibility index (Phi) is 4.47. The largest absolute Gasteiger partial charge is 0.379 e. The Hall–Kier alpha value is -1.95. The molecule has 1 atom stereocenters. The molecule has 0 radical (unpaired) electrons. The van der Waals surface area contributed by atoms with E-state index < -0.39 is 5.60 Å². The average molecular weight is 359 g/mol. The van der Waals surface area contributed by atoms with Crippen LogP contribution < -0.4 is 5.32 Å². The first-order valence-electron chi connectivity index (χ1n) is 9.50. The number of hydrogen-bond donors (Lipinski definition) is 1. The summed E-state index contributed by atoms with van der Waals surface area (Å²) in [7, 11) is 0. The molecule has 6 heteroatoms. The van der Waals surface area contributed by atoms with E-state index in [2.05, 4.69) is 15.4 Å². The van der Waals surface area contributed by atoms with Gasteiger partial charge in [0.05, 0.1) is 5.71 Å². The van der Waals surface area contributed by atoms with Crippen molar-refractivity contribution in [1.82, 2.24) is 10.2 Å². The van der Waals surface area contributed by atoms with Crippen molar-refractivity contribution in [2.24, 2.45) is 10.6 Å². The van der Waals surface area contributed by atoms with Crippen molar-refractivity contribution >= 4 is 11.6 Å². The van der Waals surface area contributed by atoms with Gasteiger partial charge in [0.1, 0.15) is 5.82 Å². The number of rotatable bonds is 6. The molecular weight excluding hydrogens is 333 g/mol. The summed E-state index contributed by atoms with van der Waals surface area (Å²) in [6.45, 7) is 5.88. The third kappa shape index (κ3) is 3.61. The lowest BCUT2D eigenvalue weighted by molar-refractivity contribution is -0.142.